The summed E-state index contributed by atoms with van der Waals surface area (Å²) in [4.78, 5) is 18.0. The fourth-order valence-corrected chi connectivity index (χ4v) is 4.09. The van der Waals surface area contributed by atoms with Gasteiger partial charge in [-0.3, -0.25) is 9.69 Å². The summed E-state index contributed by atoms with van der Waals surface area (Å²) in [6.45, 7) is 5.39. The minimum atomic E-state index is -0.332. The van der Waals surface area contributed by atoms with Gasteiger partial charge in [-0.25, -0.2) is 4.39 Å². The summed E-state index contributed by atoms with van der Waals surface area (Å²) in [7, 11) is 0. The number of carbonyl (C=O) groups is 1. The van der Waals surface area contributed by atoms with E-state index in [1.54, 1.807) is 6.07 Å². The molecule has 0 bridgehead atoms. The van der Waals surface area contributed by atoms with Gasteiger partial charge in [0.25, 0.3) is 5.91 Å². The van der Waals surface area contributed by atoms with Gasteiger partial charge in [-0.1, -0.05) is 6.07 Å². The summed E-state index contributed by atoms with van der Waals surface area (Å²) in [6.07, 6.45) is 0. The molecule has 0 radical (unpaired) electrons. The van der Waals surface area contributed by atoms with Crippen molar-refractivity contribution in [2.45, 2.75) is 13.1 Å². The van der Waals surface area contributed by atoms with Crippen molar-refractivity contribution in [1.82, 2.24) is 20.5 Å². The molecule has 0 atom stereocenters. The van der Waals surface area contributed by atoms with Gasteiger partial charge in [-0.15, -0.1) is 0 Å². The fraction of sp³-hybridized carbons (Fsp3) is 0.286. The van der Waals surface area contributed by atoms with Crippen LogP contribution in [-0.4, -0.2) is 42.0 Å². The molecule has 0 aliphatic carbocycles. The van der Waals surface area contributed by atoms with Crippen molar-refractivity contribution in [2.75, 3.05) is 26.2 Å². The lowest BCUT2D eigenvalue weighted by Gasteiger charge is -2.27. The Morgan fingerprint density at radius 3 is 2.78 bits per heavy atom. The summed E-state index contributed by atoms with van der Waals surface area (Å²) in [5.74, 6) is -0.543. The summed E-state index contributed by atoms with van der Waals surface area (Å²) >= 11 is 0. The maximum atomic E-state index is 14.0. The number of rotatable bonds is 3. The van der Waals surface area contributed by atoms with Crippen molar-refractivity contribution < 1.29 is 9.18 Å². The molecule has 138 valence electrons. The number of carbonyl (C=O) groups excluding carboxylic acids is 1. The molecule has 6 heteroatoms. The van der Waals surface area contributed by atoms with E-state index in [1.165, 1.54) is 11.6 Å². The van der Waals surface area contributed by atoms with Gasteiger partial charge in [0.15, 0.2) is 0 Å². The first-order valence-electron chi connectivity index (χ1n) is 9.34. The van der Waals surface area contributed by atoms with Crippen LogP contribution in [0.5, 0.6) is 0 Å². The third kappa shape index (κ3) is 2.91. The van der Waals surface area contributed by atoms with E-state index < -0.39 is 0 Å². The van der Waals surface area contributed by atoms with E-state index in [9.17, 15) is 9.18 Å². The molecule has 1 saturated heterocycles. The fourth-order valence-electron chi connectivity index (χ4n) is 4.09. The molecule has 1 amide bonds. The van der Waals surface area contributed by atoms with Gasteiger partial charge in [0, 0.05) is 67.0 Å². The van der Waals surface area contributed by atoms with Crippen LogP contribution in [0.3, 0.4) is 0 Å². The van der Waals surface area contributed by atoms with Crippen molar-refractivity contribution in [2.24, 2.45) is 0 Å². The summed E-state index contributed by atoms with van der Waals surface area (Å²) in [5.41, 5.74) is 4.79. The van der Waals surface area contributed by atoms with Crippen LogP contribution in [0.25, 0.3) is 22.2 Å². The Labute approximate surface area is 156 Å². The molecule has 2 aliphatic heterocycles. The predicted molar refractivity (Wildman–Crippen MR) is 103 cm³/mol. The molecule has 3 aromatic rings. The monoisotopic (exact) mass is 364 g/mol. The first kappa shape index (κ1) is 16.5. The Hall–Kier alpha value is -2.70. The van der Waals surface area contributed by atoms with Crippen molar-refractivity contribution in [1.29, 1.82) is 0 Å². The SMILES string of the molecule is O=C1NCc2c(F)ccc(-c3cc4cc(CN5CCNCC5)ccc4[nH]3)c21. The minimum Gasteiger partial charge on any atom is -0.355 e. The maximum absolute atomic E-state index is 14.0. The molecule has 5 nitrogen and oxygen atoms in total. The highest BCUT2D eigenvalue weighted by atomic mass is 19.1. The average Bonchev–Trinajstić information content (AvgIpc) is 3.27. The number of benzene rings is 2. The van der Waals surface area contributed by atoms with E-state index >= 15 is 0 Å². The quantitative estimate of drug-likeness (QED) is 0.670. The highest BCUT2D eigenvalue weighted by Crippen LogP contribution is 2.32. The Balaban J connectivity index is 1.51. The second-order valence-corrected chi connectivity index (χ2v) is 7.26. The number of fused-ring (bicyclic) bond motifs is 2. The number of halogens is 1. The molecule has 1 fully saturated rings. The maximum Gasteiger partial charge on any atom is 0.252 e. The molecule has 2 aliphatic rings. The van der Waals surface area contributed by atoms with Gasteiger partial charge in [-0.2, -0.15) is 0 Å². The van der Waals surface area contributed by atoms with Crippen LogP contribution in [0, 0.1) is 5.82 Å². The highest BCUT2D eigenvalue weighted by Gasteiger charge is 2.26. The summed E-state index contributed by atoms with van der Waals surface area (Å²) < 4.78 is 14.0. The molecule has 2 aromatic carbocycles. The zero-order chi connectivity index (χ0) is 18.4. The minimum absolute atomic E-state index is 0.211. The first-order valence-corrected chi connectivity index (χ1v) is 9.34. The molecular formula is C21H21FN4O. The second-order valence-electron chi connectivity index (χ2n) is 7.26. The molecule has 3 heterocycles. The van der Waals surface area contributed by atoms with Gasteiger partial charge in [-0.05, 0) is 35.9 Å². The lowest BCUT2D eigenvalue weighted by Crippen LogP contribution is -2.42. The normalized spacial score (nSPS) is 17.3. The number of hydrogen-bond acceptors (Lipinski definition) is 3. The highest BCUT2D eigenvalue weighted by molar-refractivity contribution is 6.05. The molecule has 0 saturated carbocycles. The van der Waals surface area contributed by atoms with Crippen LogP contribution >= 0.6 is 0 Å². The third-order valence-corrected chi connectivity index (χ3v) is 5.50. The van der Waals surface area contributed by atoms with Gasteiger partial charge in [0.2, 0.25) is 0 Å². The largest absolute Gasteiger partial charge is 0.355 e. The lowest BCUT2D eigenvalue weighted by molar-refractivity contribution is 0.0966. The van der Waals surface area contributed by atoms with E-state index in [0.29, 0.717) is 11.1 Å². The third-order valence-electron chi connectivity index (χ3n) is 5.50. The van der Waals surface area contributed by atoms with Gasteiger partial charge < -0.3 is 15.6 Å². The molecule has 0 unspecified atom stereocenters. The first-order chi connectivity index (χ1) is 13.2. The number of aromatic nitrogens is 1. The van der Waals surface area contributed by atoms with Crippen LogP contribution < -0.4 is 10.6 Å². The molecule has 3 N–H and O–H groups in total. The number of piperazine rings is 1. The number of aromatic amines is 1. The standard InChI is InChI=1S/C21H21FN4O/c22-17-3-2-15(20-16(17)11-24-21(20)27)19-10-14-9-13(1-4-18(14)25-19)12-26-7-5-23-6-8-26/h1-4,9-10,23,25H,5-8,11-12H2,(H,24,27). The van der Waals surface area contributed by atoms with E-state index in [2.05, 4.69) is 44.8 Å². The topological polar surface area (TPSA) is 60.2 Å². The number of nitrogens with zero attached hydrogens (tertiary/aromatic N) is 1. The number of amides is 1. The van der Waals surface area contributed by atoms with Gasteiger partial charge in [0.05, 0.1) is 5.56 Å². The Morgan fingerprint density at radius 2 is 1.93 bits per heavy atom. The number of H-pyrrole nitrogens is 1. The Morgan fingerprint density at radius 1 is 1.07 bits per heavy atom. The number of nitrogens with one attached hydrogen (secondary N) is 3. The van der Waals surface area contributed by atoms with Crippen LogP contribution in [0.1, 0.15) is 21.5 Å². The van der Waals surface area contributed by atoms with Crippen molar-refractivity contribution in [3.63, 3.8) is 0 Å². The van der Waals surface area contributed by atoms with Crippen molar-refractivity contribution in [3.8, 4) is 11.3 Å². The molecule has 0 spiro atoms. The zero-order valence-electron chi connectivity index (χ0n) is 14.9. The van der Waals surface area contributed by atoms with Crippen molar-refractivity contribution >= 4 is 16.8 Å². The second kappa shape index (κ2) is 6.48. The predicted octanol–water partition coefficient (Wildman–Crippen LogP) is 2.62. The van der Waals surface area contributed by atoms with Crippen LogP contribution in [0.4, 0.5) is 4.39 Å². The van der Waals surface area contributed by atoms with Crippen LogP contribution in [0.2, 0.25) is 0 Å². The van der Waals surface area contributed by atoms with Crippen LogP contribution in [-0.2, 0) is 13.1 Å². The summed E-state index contributed by atoms with van der Waals surface area (Å²) in [5, 5.41) is 7.20. The molecular weight excluding hydrogens is 343 g/mol. The Kier molecular flexibility index (Phi) is 3.95. The van der Waals surface area contributed by atoms with Crippen molar-refractivity contribution in [3.05, 3.63) is 58.9 Å². The van der Waals surface area contributed by atoms with E-state index in [1.807, 2.05) is 0 Å². The van der Waals surface area contributed by atoms with Gasteiger partial charge >= 0.3 is 0 Å². The smallest absolute Gasteiger partial charge is 0.252 e. The van der Waals surface area contributed by atoms with E-state index in [-0.39, 0.29) is 18.3 Å². The lowest BCUT2D eigenvalue weighted by atomic mass is 10.00. The van der Waals surface area contributed by atoms with E-state index in [4.69, 9.17) is 0 Å². The van der Waals surface area contributed by atoms with Gasteiger partial charge in [0.1, 0.15) is 5.82 Å². The Bertz CT molecular complexity index is 1040. The number of hydrogen-bond donors (Lipinski definition) is 3. The average molecular weight is 364 g/mol. The van der Waals surface area contributed by atoms with E-state index in [0.717, 1.165) is 54.9 Å². The molecule has 1 aromatic heterocycles. The zero-order valence-corrected chi connectivity index (χ0v) is 14.9. The molecule has 5 rings (SSSR count). The van der Waals surface area contributed by atoms with Crippen LogP contribution in [0.15, 0.2) is 36.4 Å². The molecule has 27 heavy (non-hydrogen) atoms. The summed E-state index contributed by atoms with van der Waals surface area (Å²) in [6, 6.07) is 11.6.